The lowest BCUT2D eigenvalue weighted by Gasteiger charge is -2.28. The van der Waals surface area contributed by atoms with Crippen LogP contribution >= 0.6 is 34.4 Å². The predicted molar refractivity (Wildman–Crippen MR) is 74.1 cm³/mol. The van der Waals surface area contributed by atoms with E-state index in [1.54, 1.807) is 6.07 Å². The summed E-state index contributed by atoms with van der Waals surface area (Å²) in [6.07, 6.45) is 0. The maximum absolute atomic E-state index is 11.9. The minimum absolute atomic E-state index is 0.199. The van der Waals surface area contributed by atoms with E-state index in [4.69, 9.17) is 11.8 Å². The molecule has 0 saturated carbocycles. The summed E-state index contributed by atoms with van der Waals surface area (Å²) in [7, 11) is 0. The van der Waals surface area contributed by atoms with Gasteiger partial charge in [0.2, 0.25) is 0 Å². The van der Waals surface area contributed by atoms with E-state index in [9.17, 15) is 4.79 Å². The van der Waals surface area contributed by atoms with Crippen molar-refractivity contribution >= 4 is 40.3 Å². The molecule has 0 bridgehead atoms. The van der Waals surface area contributed by atoms with Gasteiger partial charge in [-0.05, 0) is 55.5 Å². The average Bonchev–Trinajstić information content (AvgIpc) is 2.16. The number of nitrogens with one attached hydrogen (secondary N) is 1. The van der Waals surface area contributed by atoms with Crippen molar-refractivity contribution in [2.75, 3.05) is 0 Å². The molecule has 0 unspecified atom stereocenters. The van der Waals surface area contributed by atoms with Crippen molar-refractivity contribution in [3.8, 4) is 0 Å². The topological polar surface area (TPSA) is 32.3 Å². The molecule has 0 aliphatic carbocycles. The lowest BCUT2D eigenvalue weighted by molar-refractivity contribution is 0.0805. The first-order chi connectivity index (χ1) is 7.32. The molecule has 0 radical (unpaired) electrons. The standard InChI is InChI=1S/C11H14ClIN2O/c1-11(2,3)15(12)14-10(16)8-6-4-5-7-9(8)13/h4-7H,1-3H3,(H,14,16). The minimum atomic E-state index is -0.322. The second kappa shape index (κ2) is 5.33. The second-order valence-electron chi connectivity index (χ2n) is 4.37. The van der Waals surface area contributed by atoms with Crippen LogP contribution in [0.1, 0.15) is 31.1 Å². The molecule has 3 nitrogen and oxygen atoms in total. The zero-order valence-electron chi connectivity index (χ0n) is 9.42. The van der Waals surface area contributed by atoms with Crippen molar-refractivity contribution in [1.82, 2.24) is 9.95 Å². The quantitative estimate of drug-likeness (QED) is 0.504. The van der Waals surface area contributed by atoms with Crippen molar-refractivity contribution in [3.05, 3.63) is 33.4 Å². The number of carbonyl (C=O) groups is 1. The third kappa shape index (κ3) is 3.61. The molecule has 88 valence electrons. The molecular formula is C11H14ClIN2O. The van der Waals surface area contributed by atoms with E-state index in [1.807, 2.05) is 39.0 Å². The van der Waals surface area contributed by atoms with E-state index in [0.29, 0.717) is 5.56 Å². The maximum atomic E-state index is 11.9. The number of carbonyl (C=O) groups excluding carboxylic acids is 1. The Morgan fingerprint density at radius 2 is 1.94 bits per heavy atom. The highest BCUT2D eigenvalue weighted by Crippen LogP contribution is 2.15. The molecule has 1 N–H and O–H groups in total. The molecule has 0 saturated heterocycles. The molecule has 1 aromatic rings. The summed E-state index contributed by atoms with van der Waals surface area (Å²) in [5.74, 6) is -0.199. The van der Waals surface area contributed by atoms with Crippen LogP contribution in [0.3, 0.4) is 0 Å². The number of hydrogen-bond donors (Lipinski definition) is 1. The fourth-order valence-corrected chi connectivity index (χ4v) is 1.67. The molecule has 0 aliphatic rings. The molecule has 16 heavy (non-hydrogen) atoms. The smallest absolute Gasteiger partial charge is 0.267 e. The lowest BCUT2D eigenvalue weighted by Crippen LogP contribution is -2.46. The molecule has 5 heteroatoms. The predicted octanol–water partition coefficient (Wildman–Crippen LogP) is 3.19. The number of benzene rings is 1. The molecule has 0 spiro atoms. The summed E-state index contributed by atoms with van der Waals surface area (Å²) in [5, 5.41) is 0. The maximum Gasteiger partial charge on any atom is 0.267 e. The van der Waals surface area contributed by atoms with Crippen LogP contribution in [0.15, 0.2) is 24.3 Å². The fraction of sp³-hybridized carbons (Fsp3) is 0.364. The Labute approximate surface area is 114 Å². The van der Waals surface area contributed by atoms with Crippen LogP contribution in [-0.4, -0.2) is 16.0 Å². The first-order valence-electron chi connectivity index (χ1n) is 4.84. The Morgan fingerprint density at radius 1 is 1.38 bits per heavy atom. The number of amides is 1. The summed E-state index contributed by atoms with van der Waals surface area (Å²) in [6.45, 7) is 5.74. The van der Waals surface area contributed by atoms with Gasteiger partial charge in [-0.15, -0.1) is 4.53 Å². The Kier molecular flexibility index (Phi) is 4.58. The van der Waals surface area contributed by atoms with Crippen LogP contribution in [0.2, 0.25) is 0 Å². The number of nitrogens with zero attached hydrogens (tertiary/aromatic N) is 1. The van der Waals surface area contributed by atoms with Gasteiger partial charge in [0.15, 0.2) is 0 Å². The number of hydrogen-bond acceptors (Lipinski definition) is 2. The molecule has 0 atom stereocenters. The van der Waals surface area contributed by atoms with Crippen molar-refractivity contribution < 1.29 is 4.79 Å². The highest BCUT2D eigenvalue weighted by atomic mass is 127. The molecule has 0 aromatic heterocycles. The van der Waals surface area contributed by atoms with Gasteiger partial charge in [-0.1, -0.05) is 12.1 Å². The largest absolute Gasteiger partial charge is 0.270 e. The van der Waals surface area contributed by atoms with Gasteiger partial charge in [0.05, 0.1) is 5.56 Å². The Balaban J connectivity index is 2.78. The van der Waals surface area contributed by atoms with Gasteiger partial charge >= 0.3 is 0 Å². The van der Waals surface area contributed by atoms with Crippen molar-refractivity contribution in [2.45, 2.75) is 26.3 Å². The lowest BCUT2D eigenvalue weighted by atomic mass is 10.1. The van der Waals surface area contributed by atoms with Crippen LogP contribution in [0.4, 0.5) is 0 Å². The zero-order chi connectivity index (χ0) is 12.3. The SMILES string of the molecule is CC(C)(C)N(Cl)NC(=O)c1ccccc1I. The van der Waals surface area contributed by atoms with E-state index in [2.05, 4.69) is 28.0 Å². The molecule has 0 heterocycles. The molecule has 1 amide bonds. The van der Waals surface area contributed by atoms with Gasteiger partial charge in [-0.25, -0.2) is 0 Å². The third-order valence-electron chi connectivity index (χ3n) is 1.91. The van der Waals surface area contributed by atoms with E-state index >= 15 is 0 Å². The van der Waals surface area contributed by atoms with Crippen LogP contribution in [0, 0.1) is 3.57 Å². The fourth-order valence-electron chi connectivity index (χ4n) is 0.962. The van der Waals surface area contributed by atoms with E-state index < -0.39 is 0 Å². The minimum Gasteiger partial charge on any atom is -0.270 e. The molecule has 0 aliphatic heterocycles. The van der Waals surface area contributed by atoms with Gasteiger partial charge in [-0.3, -0.25) is 10.2 Å². The van der Waals surface area contributed by atoms with Crippen LogP contribution in [-0.2, 0) is 0 Å². The first kappa shape index (κ1) is 13.7. The Morgan fingerprint density at radius 3 is 2.44 bits per heavy atom. The van der Waals surface area contributed by atoms with E-state index in [-0.39, 0.29) is 11.4 Å². The Bertz CT molecular complexity index is 390. The molecular weight excluding hydrogens is 338 g/mol. The highest BCUT2D eigenvalue weighted by molar-refractivity contribution is 14.1. The highest BCUT2D eigenvalue weighted by Gasteiger charge is 2.22. The second-order valence-corrected chi connectivity index (χ2v) is 5.87. The zero-order valence-corrected chi connectivity index (χ0v) is 12.3. The molecule has 1 rings (SSSR count). The van der Waals surface area contributed by atoms with Gasteiger partial charge in [0.1, 0.15) is 0 Å². The summed E-state index contributed by atoms with van der Waals surface area (Å²) >= 11 is 8.07. The Hall–Kier alpha value is -0.330. The van der Waals surface area contributed by atoms with Crippen LogP contribution in [0.5, 0.6) is 0 Å². The summed E-state index contributed by atoms with van der Waals surface area (Å²) in [6, 6.07) is 7.36. The van der Waals surface area contributed by atoms with Crippen molar-refractivity contribution in [2.24, 2.45) is 0 Å². The van der Waals surface area contributed by atoms with Crippen LogP contribution in [0.25, 0.3) is 0 Å². The van der Waals surface area contributed by atoms with Gasteiger partial charge < -0.3 is 0 Å². The first-order valence-corrected chi connectivity index (χ1v) is 6.25. The summed E-state index contributed by atoms with van der Waals surface area (Å²) < 4.78 is 2.19. The normalized spacial score (nSPS) is 11.6. The number of halogens is 2. The van der Waals surface area contributed by atoms with Gasteiger partial charge in [0, 0.05) is 20.9 Å². The molecule has 1 aromatic carbocycles. The van der Waals surface area contributed by atoms with E-state index in [0.717, 1.165) is 3.57 Å². The van der Waals surface area contributed by atoms with Crippen molar-refractivity contribution in [3.63, 3.8) is 0 Å². The summed E-state index contributed by atoms with van der Waals surface area (Å²) in [4.78, 5) is 11.9. The number of hydrazine groups is 1. The van der Waals surface area contributed by atoms with Gasteiger partial charge in [-0.2, -0.15) is 0 Å². The third-order valence-corrected chi connectivity index (χ3v) is 3.44. The average molecular weight is 353 g/mol. The molecule has 0 fully saturated rings. The van der Waals surface area contributed by atoms with Gasteiger partial charge in [0.25, 0.3) is 5.91 Å². The van der Waals surface area contributed by atoms with Crippen LogP contribution < -0.4 is 5.43 Å². The monoisotopic (exact) mass is 352 g/mol. The number of rotatable bonds is 2. The summed E-state index contributed by atoms with van der Waals surface area (Å²) in [5.41, 5.74) is 2.93. The van der Waals surface area contributed by atoms with E-state index in [1.165, 1.54) is 4.53 Å². The van der Waals surface area contributed by atoms with Crippen molar-refractivity contribution in [1.29, 1.82) is 0 Å².